The Morgan fingerprint density at radius 3 is 2.33 bits per heavy atom. The first-order valence-electron chi connectivity index (χ1n) is 15.4. The zero-order valence-corrected chi connectivity index (χ0v) is 26.8. The maximum atomic E-state index is 14.4. The van der Waals surface area contributed by atoms with Crippen LogP contribution in [0.5, 0.6) is 5.88 Å². The van der Waals surface area contributed by atoms with Gasteiger partial charge in [-0.25, -0.2) is 19.2 Å². The number of halogens is 1. The number of carbonyl (C=O) groups is 1. The lowest BCUT2D eigenvalue weighted by Gasteiger charge is -2.15. The van der Waals surface area contributed by atoms with E-state index in [0.717, 1.165) is 39.1 Å². The minimum Gasteiger partial charge on any atom is -0.473 e. The molecule has 0 N–H and O–H groups in total. The van der Waals surface area contributed by atoms with Crippen molar-refractivity contribution in [3.8, 4) is 40.4 Å². The number of hydrogen-bond donors (Lipinski definition) is 0. The van der Waals surface area contributed by atoms with Crippen molar-refractivity contribution in [1.29, 1.82) is 10.5 Å². The highest BCUT2D eigenvalue weighted by Crippen LogP contribution is 2.32. The molecule has 0 aliphatic rings. The van der Waals surface area contributed by atoms with E-state index in [2.05, 4.69) is 10.6 Å². The summed E-state index contributed by atoms with van der Waals surface area (Å²) in [4.78, 5) is 21.9. The molecule has 6 aromatic rings. The van der Waals surface area contributed by atoms with Gasteiger partial charge in [0.05, 0.1) is 59.3 Å². The van der Waals surface area contributed by atoms with E-state index in [1.807, 2.05) is 54.6 Å². The van der Waals surface area contributed by atoms with Crippen LogP contribution < -0.4 is 4.74 Å². The van der Waals surface area contributed by atoms with E-state index >= 15 is 0 Å². The lowest BCUT2D eigenvalue weighted by molar-refractivity contribution is 0.0601. The molecule has 0 amide bonds. The molecule has 49 heavy (non-hydrogen) atoms. The first-order valence-corrected chi connectivity index (χ1v) is 15.4. The number of rotatable bonds is 11. The summed E-state index contributed by atoms with van der Waals surface area (Å²) in [6.07, 6.45) is 0.467. The van der Waals surface area contributed by atoms with Crippen LogP contribution in [0.15, 0.2) is 97.1 Å². The quantitative estimate of drug-likeness (QED) is 0.134. The molecule has 0 radical (unpaired) electrons. The van der Waals surface area contributed by atoms with E-state index < -0.39 is 11.8 Å². The highest BCUT2D eigenvalue weighted by atomic mass is 19.1. The van der Waals surface area contributed by atoms with Crippen LogP contribution in [-0.4, -0.2) is 41.3 Å². The van der Waals surface area contributed by atoms with Gasteiger partial charge in [-0.2, -0.15) is 10.5 Å². The van der Waals surface area contributed by atoms with Crippen LogP contribution in [0.25, 0.3) is 33.4 Å². The molecule has 10 heteroatoms. The second-order valence-corrected chi connectivity index (χ2v) is 11.2. The monoisotopic (exact) mass is 651 g/mol. The summed E-state index contributed by atoms with van der Waals surface area (Å²) in [5.41, 5.74) is 7.39. The zero-order valence-electron chi connectivity index (χ0n) is 26.8. The van der Waals surface area contributed by atoms with Crippen LogP contribution in [0.1, 0.15) is 38.4 Å². The number of fused-ring (bicyclic) bond motifs is 1. The van der Waals surface area contributed by atoms with Crippen molar-refractivity contribution < 1.29 is 23.4 Å². The summed E-state index contributed by atoms with van der Waals surface area (Å²) >= 11 is 0. The summed E-state index contributed by atoms with van der Waals surface area (Å²) in [6, 6.07) is 32.5. The molecule has 6 rings (SSSR count). The molecular weight excluding hydrogens is 621 g/mol. The Hall–Kier alpha value is -6.36. The summed E-state index contributed by atoms with van der Waals surface area (Å²) in [5, 5.41) is 18.4. The fourth-order valence-electron chi connectivity index (χ4n) is 5.58. The lowest BCUT2D eigenvalue weighted by atomic mass is 9.93. The first kappa shape index (κ1) is 32.6. The van der Waals surface area contributed by atoms with Gasteiger partial charge in [0.1, 0.15) is 18.2 Å². The summed E-state index contributed by atoms with van der Waals surface area (Å²) in [5.74, 6) is 0.173. The first-order chi connectivity index (χ1) is 23.9. The summed E-state index contributed by atoms with van der Waals surface area (Å²) in [7, 11) is 2.99. The molecule has 0 spiro atoms. The number of benzene rings is 4. The molecule has 0 bridgehead atoms. The van der Waals surface area contributed by atoms with Crippen LogP contribution in [0.4, 0.5) is 4.39 Å². The Morgan fingerprint density at radius 1 is 0.837 bits per heavy atom. The molecule has 0 unspecified atom stereocenters. The molecule has 0 saturated heterocycles. The number of nitriles is 2. The van der Waals surface area contributed by atoms with Gasteiger partial charge < -0.3 is 18.8 Å². The Labute approximate surface area is 282 Å². The SMILES string of the molecule is COCCn1c(Cc2ccc(-c3cccc(OCc4ccc(C#N)cc4F)n3)cc2-c2ccc(C#N)cc2)nc2ccc(C(=O)OC)cc21. The van der Waals surface area contributed by atoms with E-state index in [1.165, 1.54) is 19.2 Å². The van der Waals surface area contributed by atoms with E-state index in [0.29, 0.717) is 47.8 Å². The maximum absolute atomic E-state index is 14.4. The van der Waals surface area contributed by atoms with Gasteiger partial charge >= 0.3 is 5.97 Å². The average molecular weight is 652 g/mol. The van der Waals surface area contributed by atoms with Gasteiger partial charge in [0.2, 0.25) is 5.88 Å². The van der Waals surface area contributed by atoms with Crippen LogP contribution in [-0.2, 0) is 29.0 Å². The van der Waals surface area contributed by atoms with Crippen LogP contribution in [0.2, 0.25) is 0 Å². The summed E-state index contributed by atoms with van der Waals surface area (Å²) in [6.45, 7) is 0.930. The van der Waals surface area contributed by atoms with E-state index in [1.54, 1.807) is 43.5 Å². The Bertz CT molecular complexity index is 2250. The highest BCUT2D eigenvalue weighted by molar-refractivity contribution is 5.93. The third-order valence-electron chi connectivity index (χ3n) is 8.13. The van der Waals surface area contributed by atoms with Crippen LogP contribution in [0.3, 0.4) is 0 Å². The number of hydrogen-bond acceptors (Lipinski definition) is 8. The molecule has 0 saturated carbocycles. The van der Waals surface area contributed by atoms with Crippen molar-refractivity contribution in [2.45, 2.75) is 19.6 Å². The van der Waals surface area contributed by atoms with Crippen molar-refractivity contribution in [3.63, 3.8) is 0 Å². The predicted octanol–water partition coefficient (Wildman–Crippen LogP) is 7.25. The third kappa shape index (κ3) is 7.15. The summed E-state index contributed by atoms with van der Waals surface area (Å²) < 4.78 is 32.7. The molecule has 2 aromatic heterocycles. The van der Waals surface area contributed by atoms with Gasteiger partial charge in [0.15, 0.2) is 0 Å². The standard InChI is InChI=1S/C39H30FN5O4/c1-47-17-16-45-36-20-30(39(46)48-2)14-15-35(36)43-37(45)21-28-12-13-29(19-32(28)27-9-6-25(22-41)7-10-27)34-4-3-5-38(44-34)49-24-31-11-8-26(23-42)18-33(31)40/h3-15,18-20H,16-17,21,24H2,1-2H3. The molecule has 242 valence electrons. The number of imidazole rings is 1. The third-order valence-corrected chi connectivity index (χ3v) is 8.13. The maximum Gasteiger partial charge on any atom is 0.337 e. The Morgan fingerprint density at radius 2 is 1.59 bits per heavy atom. The molecule has 0 atom stereocenters. The van der Waals surface area contributed by atoms with Crippen molar-refractivity contribution >= 4 is 17.0 Å². The zero-order chi connectivity index (χ0) is 34.3. The molecule has 0 aliphatic carbocycles. The lowest BCUT2D eigenvalue weighted by Crippen LogP contribution is -2.10. The van der Waals surface area contributed by atoms with Gasteiger partial charge in [-0.15, -0.1) is 0 Å². The number of ether oxygens (including phenoxy) is 3. The number of methoxy groups -OCH3 is 2. The van der Waals surface area contributed by atoms with Gasteiger partial charge in [0, 0.05) is 37.3 Å². The largest absolute Gasteiger partial charge is 0.473 e. The number of pyridine rings is 1. The van der Waals surface area contributed by atoms with Crippen molar-refractivity contribution in [3.05, 3.63) is 137 Å². The van der Waals surface area contributed by atoms with Crippen LogP contribution in [0, 0.1) is 28.5 Å². The Kier molecular flexibility index (Phi) is 9.70. The fourth-order valence-corrected chi connectivity index (χ4v) is 5.58. The van der Waals surface area contributed by atoms with E-state index in [9.17, 15) is 14.4 Å². The molecular formula is C39H30FN5O4. The topological polar surface area (TPSA) is 123 Å². The van der Waals surface area contributed by atoms with Crippen molar-refractivity contribution in [1.82, 2.24) is 14.5 Å². The number of nitrogens with zero attached hydrogens (tertiary/aromatic N) is 5. The normalized spacial score (nSPS) is 10.8. The van der Waals surface area contributed by atoms with Gasteiger partial charge in [-0.05, 0) is 71.3 Å². The number of carbonyl (C=O) groups excluding carboxylic acids is 1. The predicted molar refractivity (Wildman–Crippen MR) is 181 cm³/mol. The van der Waals surface area contributed by atoms with Gasteiger partial charge in [0.25, 0.3) is 0 Å². The molecule has 0 aliphatic heterocycles. The highest BCUT2D eigenvalue weighted by Gasteiger charge is 2.18. The van der Waals surface area contributed by atoms with Gasteiger partial charge in [-0.3, -0.25) is 0 Å². The smallest absolute Gasteiger partial charge is 0.337 e. The molecule has 2 heterocycles. The fraction of sp³-hybridized carbons (Fsp3) is 0.154. The second-order valence-electron chi connectivity index (χ2n) is 11.2. The number of aromatic nitrogens is 3. The van der Waals surface area contributed by atoms with Crippen molar-refractivity contribution in [2.75, 3.05) is 20.8 Å². The molecule has 4 aromatic carbocycles. The van der Waals surface area contributed by atoms with E-state index in [4.69, 9.17) is 29.4 Å². The second kappa shape index (κ2) is 14.6. The minimum absolute atomic E-state index is 0.0470. The van der Waals surface area contributed by atoms with E-state index in [-0.39, 0.29) is 12.2 Å². The minimum atomic E-state index is -0.516. The average Bonchev–Trinajstić information content (AvgIpc) is 3.49. The number of esters is 1. The molecule has 0 fully saturated rings. The Balaban J connectivity index is 1.37. The van der Waals surface area contributed by atoms with Crippen molar-refractivity contribution in [2.24, 2.45) is 0 Å². The van der Waals surface area contributed by atoms with Gasteiger partial charge in [-0.1, -0.05) is 36.4 Å². The molecule has 9 nitrogen and oxygen atoms in total. The van der Waals surface area contributed by atoms with Crippen LogP contribution >= 0.6 is 0 Å².